The Balaban J connectivity index is 2.45. The van der Waals surface area contributed by atoms with Crippen molar-refractivity contribution in [1.29, 1.82) is 0 Å². The van der Waals surface area contributed by atoms with E-state index in [4.69, 9.17) is 9.47 Å². The van der Waals surface area contributed by atoms with E-state index in [-0.39, 0.29) is 31.9 Å². The fraction of sp³-hybridized carbons (Fsp3) is 0.789. The van der Waals surface area contributed by atoms with Gasteiger partial charge in [0.25, 0.3) is 0 Å². The number of carbonyl (C=O) groups is 4. The van der Waals surface area contributed by atoms with Crippen molar-refractivity contribution in [2.45, 2.75) is 77.4 Å². The quantitative estimate of drug-likeness (QED) is 0.345. The summed E-state index contributed by atoms with van der Waals surface area (Å²) in [6, 6.07) is 0. The van der Waals surface area contributed by atoms with Gasteiger partial charge in [0.05, 0.1) is 6.61 Å². The molecule has 2 amide bonds. The fourth-order valence-electron chi connectivity index (χ4n) is 3.15. The Morgan fingerprint density at radius 2 is 1.82 bits per heavy atom. The Labute approximate surface area is 165 Å². The number of hydrogen-bond donors (Lipinski definition) is 2. The van der Waals surface area contributed by atoms with Crippen LogP contribution in [0.25, 0.3) is 0 Å². The molecule has 0 spiro atoms. The second kappa shape index (κ2) is 10.3. The highest BCUT2D eigenvalue weighted by molar-refractivity contribution is 6.07. The van der Waals surface area contributed by atoms with E-state index in [1.54, 1.807) is 27.7 Å². The van der Waals surface area contributed by atoms with Crippen molar-refractivity contribution in [1.82, 2.24) is 10.2 Å². The number of rotatable bonds is 9. The molecule has 1 heterocycles. The van der Waals surface area contributed by atoms with Crippen LogP contribution in [-0.2, 0) is 23.9 Å². The van der Waals surface area contributed by atoms with Crippen molar-refractivity contribution in [3.63, 3.8) is 0 Å². The first-order valence-electron chi connectivity index (χ1n) is 9.72. The lowest BCUT2D eigenvalue weighted by Gasteiger charge is -2.32. The van der Waals surface area contributed by atoms with Crippen molar-refractivity contribution in [2.24, 2.45) is 0 Å². The third kappa shape index (κ3) is 6.38. The van der Waals surface area contributed by atoms with Gasteiger partial charge in [0.2, 0.25) is 11.4 Å². The molecule has 1 aliphatic rings. The molecule has 0 unspecified atom stereocenters. The number of likely N-dealkylation sites (tertiary alicyclic amines) is 1. The number of ether oxygens (including phenoxy) is 2. The number of alkyl carbamates (subject to hydrolysis) is 1. The predicted octanol–water partition coefficient (Wildman–Crippen LogP) is 2.08. The number of carboxylic acid groups (broad SMARTS) is 1. The molecule has 9 heteroatoms. The minimum Gasteiger partial charge on any atom is -0.479 e. The van der Waals surface area contributed by atoms with Crippen molar-refractivity contribution in [3.05, 3.63) is 0 Å². The maximum Gasteiger partial charge on any atom is 0.407 e. The van der Waals surface area contributed by atoms with E-state index in [1.165, 1.54) is 0 Å². The molecule has 0 bridgehead atoms. The van der Waals surface area contributed by atoms with E-state index in [9.17, 15) is 24.3 Å². The molecule has 1 rings (SSSR count). The van der Waals surface area contributed by atoms with Gasteiger partial charge in [-0.3, -0.25) is 4.79 Å². The third-order valence-electron chi connectivity index (χ3n) is 4.38. The molecule has 1 aliphatic heterocycles. The fourth-order valence-corrected chi connectivity index (χ4v) is 3.15. The summed E-state index contributed by atoms with van der Waals surface area (Å²) in [6.45, 7) is 7.65. The molecular formula is C19H32N2O7. The summed E-state index contributed by atoms with van der Waals surface area (Å²) in [4.78, 5) is 49.3. The first kappa shape index (κ1) is 23.7. The van der Waals surface area contributed by atoms with Gasteiger partial charge >= 0.3 is 18.0 Å². The van der Waals surface area contributed by atoms with Crippen LogP contribution < -0.4 is 5.32 Å². The molecule has 1 fully saturated rings. The Morgan fingerprint density at radius 3 is 2.39 bits per heavy atom. The molecule has 0 saturated carbocycles. The van der Waals surface area contributed by atoms with Crippen LogP contribution in [0.5, 0.6) is 0 Å². The summed E-state index contributed by atoms with van der Waals surface area (Å²) < 4.78 is 10.0. The molecule has 28 heavy (non-hydrogen) atoms. The zero-order valence-corrected chi connectivity index (χ0v) is 17.2. The molecule has 2 N–H and O–H groups in total. The zero-order chi connectivity index (χ0) is 21.4. The van der Waals surface area contributed by atoms with Crippen molar-refractivity contribution in [2.75, 3.05) is 19.7 Å². The summed E-state index contributed by atoms with van der Waals surface area (Å²) in [5.41, 5.74) is -2.47. The van der Waals surface area contributed by atoms with E-state index in [0.29, 0.717) is 32.2 Å². The average molecular weight is 400 g/mol. The van der Waals surface area contributed by atoms with Crippen LogP contribution in [-0.4, -0.2) is 64.8 Å². The summed E-state index contributed by atoms with van der Waals surface area (Å²) in [7, 11) is 0. The standard InChI is InChI=1S/C19H32N2O7/c1-5-27-16(25)19(15(23)24)11-9-13-21(19)14(22)10-7-6-8-12-20-17(26)28-18(2,3)4/h5-13H2,1-4H3,(H,20,26)(H,23,24)/t19-/m1/s1. The molecule has 0 aliphatic carbocycles. The number of unbranched alkanes of at least 4 members (excludes halogenated alkanes) is 2. The molecule has 9 nitrogen and oxygen atoms in total. The summed E-state index contributed by atoms with van der Waals surface area (Å²) in [5, 5.41) is 12.3. The van der Waals surface area contributed by atoms with Crippen molar-refractivity contribution in [3.8, 4) is 0 Å². The van der Waals surface area contributed by atoms with Crippen LogP contribution in [0.1, 0.15) is 66.2 Å². The van der Waals surface area contributed by atoms with E-state index < -0.39 is 29.2 Å². The average Bonchev–Trinajstić information content (AvgIpc) is 3.02. The number of esters is 1. The molecule has 160 valence electrons. The van der Waals surface area contributed by atoms with E-state index in [2.05, 4.69) is 5.32 Å². The zero-order valence-electron chi connectivity index (χ0n) is 17.2. The smallest absolute Gasteiger partial charge is 0.407 e. The van der Waals surface area contributed by atoms with Crippen LogP contribution in [0.2, 0.25) is 0 Å². The Hall–Kier alpha value is -2.32. The number of hydrogen-bond acceptors (Lipinski definition) is 6. The highest BCUT2D eigenvalue weighted by Crippen LogP contribution is 2.32. The van der Waals surface area contributed by atoms with Gasteiger partial charge in [0.15, 0.2) is 0 Å². The van der Waals surface area contributed by atoms with Gasteiger partial charge in [-0.25, -0.2) is 14.4 Å². The lowest BCUT2D eigenvalue weighted by molar-refractivity contribution is -0.173. The van der Waals surface area contributed by atoms with Crippen LogP contribution in [0, 0.1) is 0 Å². The number of carbonyl (C=O) groups excluding carboxylic acids is 3. The molecule has 1 atom stereocenters. The number of aliphatic carboxylic acids is 1. The van der Waals surface area contributed by atoms with Crippen LogP contribution in [0.4, 0.5) is 4.79 Å². The maximum atomic E-state index is 12.5. The summed E-state index contributed by atoms with van der Waals surface area (Å²) in [5.74, 6) is -2.60. The van der Waals surface area contributed by atoms with E-state index >= 15 is 0 Å². The van der Waals surface area contributed by atoms with Gasteiger partial charge in [0, 0.05) is 19.5 Å². The number of nitrogens with zero attached hydrogens (tertiary/aromatic N) is 1. The lowest BCUT2D eigenvalue weighted by atomic mass is 9.95. The molecular weight excluding hydrogens is 368 g/mol. The predicted molar refractivity (Wildman–Crippen MR) is 101 cm³/mol. The van der Waals surface area contributed by atoms with Crippen LogP contribution in [0.3, 0.4) is 0 Å². The molecule has 0 radical (unpaired) electrons. The van der Waals surface area contributed by atoms with Gasteiger partial charge < -0.3 is 24.8 Å². The number of amides is 2. The van der Waals surface area contributed by atoms with E-state index in [0.717, 1.165) is 4.90 Å². The molecule has 0 aromatic carbocycles. The molecule has 0 aromatic rings. The van der Waals surface area contributed by atoms with Gasteiger partial charge in [-0.2, -0.15) is 0 Å². The minimum absolute atomic E-state index is 0.0561. The maximum absolute atomic E-state index is 12.5. The minimum atomic E-state index is -1.91. The highest BCUT2D eigenvalue weighted by atomic mass is 16.6. The molecule has 1 saturated heterocycles. The van der Waals surface area contributed by atoms with Crippen molar-refractivity contribution < 1.29 is 33.8 Å². The van der Waals surface area contributed by atoms with Gasteiger partial charge in [-0.1, -0.05) is 6.42 Å². The van der Waals surface area contributed by atoms with Crippen LogP contribution in [0.15, 0.2) is 0 Å². The SMILES string of the molecule is CCOC(=O)[C@]1(C(=O)O)CCCN1C(=O)CCCCCNC(=O)OC(C)(C)C. The van der Waals surface area contributed by atoms with Gasteiger partial charge in [0.1, 0.15) is 5.60 Å². The van der Waals surface area contributed by atoms with Crippen molar-refractivity contribution >= 4 is 23.9 Å². The van der Waals surface area contributed by atoms with Gasteiger partial charge in [-0.05, 0) is 53.4 Å². The number of nitrogens with one attached hydrogen (secondary N) is 1. The third-order valence-corrected chi connectivity index (χ3v) is 4.38. The Kier molecular flexibility index (Phi) is 8.71. The topological polar surface area (TPSA) is 122 Å². The highest BCUT2D eigenvalue weighted by Gasteiger charge is 2.57. The van der Waals surface area contributed by atoms with E-state index in [1.807, 2.05) is 0 Å². The summed E-state index contributed by atoms with van der Waals surface area (Å²) >= 11 is 0. The Bertz CT molecular complexity index is 585. The Morgan fingerprint density at radius 1 is 1.14 bits per heavy atom. The first-order chi connectivity index (χ1) is 13.0. The monoisotopic (exact) mass is 400 g/mol. The normalized spacial score (nSPS) is 19.2. The van der Waals surface area contributed by atoms with Crippen LogP contribution >= 0.6 is 0 Å². The number of carboxylic acids is 1. The largest absolute Gasteiger partial charge is 0.479 e. The summed E-state index contributed by atoms with van der Waals surface area (Å²) in [6.07, 6.45) is 2.03. The second-order valence-electron chi connectivity index (χ2n) is 7.77. The molecule has 0 aromatic heterocycles. The second-order valence-corrected chi connectivity index (χ2v) is 7.77. The first-order valence-corrected chi connectivity index (χ1v) is 9.72. The lowest BCUT2D eigenvalue weighted by Crippen LogP contribution is -2.59. The van der Waals surface area contributed by atoms with Gasteiger partial charge in [-0.15, -0.1) is 0 Å².